The molecule has 0 heterocycles. The average molecular weight is 276 g/mol. The molecule has 0 aromatic heterocycles. The molecule has 0 spiro atoms. The van der Waals surface area contributed by atoms with Crippen LogP contribution in [0.1, 0.15) is 31.8 Å². The molecule has 0 aliphatic heterocycles. The van der Waals surface area contributed by atoms with Crippen molar-refractivity contribution in [2.24, 2.45) is 0 Å². The molecule has 21 heavy (non-hydrogen) atoms. The zero-order valence-electron chi connectivity index (χ0n) is 10.7. The summed E-state index contributed by atoms with van der Waals surface area (Å²) in [6.45, 7) is 0. The van der Waals surface area contributed by atoms with Crippen molar-refractivity contribution < 1.29 is 14.3 Å². The van der Waals surface area contributed by atoms with Crippen molar-refractivity contribution in [2.75, 3.05) is 0 Å². The van der Waals surface area contributed by atoms with Gasteiger partial charge in [0.1, 0.15) is 12.1 Å². The number of esters is 2. The van der Waals surface area contributed by atoms with Gasteiger partial charge in [-0.3, -0.25) is 0 Å². The number of nitriles is 2. The molecular formula is C16H8N2O3. The Kier molecular flexibility index (Phi) is 4.09. The lowest BCUT2D eigenvalue weighted by Crippen LogP contribution is -2.15. The summed E-state index contributed by atoms with van der Waals surface area (Å²) < 4.78 is 4.73. The fourth-order valence-corrected chi connectivity index (χ4v) is 1.71. The normalized spacial score (nSPS) is 9.24. The summed E-state index contributed by atoms with van der Waals surface area (Å²) >= 11 is 0. The second-order valence-corrected chi connectivity index (χ2v) is 3.99. The molecule has 5 nitrogen and oxygen atoms in total. The van der Waals surface area contributed by atoms with E-state index in [-0.39, 0.29) is 22.3 Å². The largest absolute Gasteiger partial charge is 0.386 e. The molecule has 0 bridgehead atoms. The van der Waals surface area contributed by atoms with Gasteiger partial charge < -0.3 is 4.74 Å². The molecule has 0 aliphatic carbocycles. The Morgan fingerprint density at radius 3 is 1.52 bits per heavy atom. The van der Waals surface area contributed by atoms with Gasteiger partial charge in [0.05, 0.1) is 22.3 Å². The molecule has 5 heteroatoms. The minimum Gasteiger partial charge on any atom is -0.386 e. The zero-order valence-corrected chi connectivity index (χ0v) is 10.7. The molecule has 0 fully saturated rings. The topological polar surface area (TPSA) is 90.9 Å². The Morgan fingerprint density at radius 2 is 1.14 bits per heavy atom. The van der Waals surface area contributed by atoms with E-state index >= 15 is 0 Å². The molecule has 0 atom stereocenters. The lowest BCUT2D eigenvalue weighted by Gasteiger charge is -2.05. The molecule has 2 aromatic carbocycles. The molecule has 0 saturated heterocycles. The number of ether oxygens (including phenoxy) is 1. The highest BCUT2D eigenvalue weighted by Gasteiger charge is 2.19. The maximum absolute atomic E-state index is 11.9. The molecule has 2 aromatic rings. The van der Waals surface area contributed by atoms with Crippen molar-refractivity contribution in [2.45, 2.75) is 0 Å². The first-order valence-electron chi connectivity index (χ1n) is 5.92. The van der Waals surface area contributed by atoms with E-state index in [0.717, 1.165) is 0 Å². The summed E-state index contributed by atoms with van der Waals surface area (Å²) in [4.78, 5) is 23.9. The van der Waals surface area contributed by atoms with Gasteiger partial charge >= 0.3 is 11.9 Å². The van der Waals surface area contributed by atoms with Crippen LogP contribution < -0.4 is 0 Å². The van der Waals surface area contributed by atoms with Crippen molar-refractivity contribution in [3.05, 3.63) is 70.8 Å². The van der Waals surface area contributed by atoms with Crippen molar-refractivity contribution >= 4 is 11.9 Å². The maximum Gasteiger partial charge on any atom is 0.347 e. The van der Waals surface area contributed by atoms with E-state index in [1.54, 1.807) is 24.3 Å². The van der Waals surface area contributed by atoms with Crippen molar-refractivity contribution in [1.82, 2.24) is 0 Å². The van der Waals surface area contributed by atoms with Crippen LogP contribution in [0.5, 0.6) is 0 Å². The average Bonchev–Trinajstić information content (AvgIpc) is 2.54. The molecule has 0 saturated carbocycles. The number of carbonyl (C=O) groups is 2. The predicted octanol–water partition coefficient (Wildman–Crippen LogP) is 2.43. The third-order valence-electron chi connectivity index (χ3n) is 2.72. The summed E-state index contributed by atoms with van der Waals surface area (Å²) in [5.41, 5.74) is 0.235. The van der Waals surface area contributed by atoms with Gasteiger partial charge in [-0.05, 0) is 24.3 Å². The van der Waals surface area contributed by atoms with Crippen LogP contribution in [0.15, 0.2) is 48.5 Å². The molecule has 0 N–H and O–H groups in total. The highest BCUT2D eigenvalue weighted by molar-refractivity contribution is 6.04. The third kappa shape index (κ3) is 2.94. The number of benzene rings is 2. The molecule has 0 amide bonds. The Labute approximate surface area is 120 Å². The van der Waals surface area contributed by atoms with E-state index < -0.39 is 11.9 Å². The second kappa shape index (κ2) is 6.14. The molecule has 0 radical (unpaired) electrons. The highest BCUT2D eigenvalue weighted by Crippen LogP contribution is 2.13. The van der Waals surface area contributed by atoms with Crippen LogP contribution in [0.3, 0.4) is 0 Å². The lowest BCUT2D eigenvalue weighted by atomic mass is 10.1. The number of nitrogens with zero attached hydrogens (tertiary/aromatic N) is 2. The van der Waals surface area contributed by atoms with E-state index in [1.165, 1.54) is 24.3 Å². The van der Waals surface area contributed by atoms with Gasteiger partial charge in [-0.25, -0.2) is 9.59 Å². The third-order valence-corrected chi connectivity index (χ3v) is 2.72. The summed E-state index contributed by atoms with van der Waals surface area (Å²) in [7, 11) is 0. The first kappa shape index (κ1) is 14.0. The summed E-state index contributed by atoms with van der Waals surface area (Å²) in [5, 5.41) is 17.8. The van der Waals surface area contributed by atoms with Crippen molar-refractivity contribution in [3.63, 3.8) is 0 Å². The maximum atomic E-state index is 11.9. The van der Waals surface area contributed by atoms with Crippen LogP contribution in [-0.4, -0.2) is 11.9 Å². The van der Waals surface area contributed by atoms with Gasteiger partial charge in [0, 0.05) is 0 Å². The Morgan fingerprint density at radius 1 is 0.762 bits per heavy atom. The van der Waals surface area contributed by atoms with E-state index in [0.29, 0.717) is 0 Å². The highest BCUT2D eigenvalue weighted by atomic mass is 16.6. The van der Waals surface area contributed by atoms with E-state index in [9.17, 15) is 9.59 Å². The van der Waals surface area contributed by atoms with E-state index in [1.807, 2.05) is 12.1 Å². The van der Waals surface area contributed by atoms with E-state index in [2.05, 4.69) is 0 Å². The number of hydrogen-bond donors (Lipinski definition) is 0. The second-order valence-electron chi connectivity index (χ2n) is 3.99. The lowest BCUT2D eigenvalue weighted by molar-refractivity contribution is 0.0397. The van der Waals surface area contributed by atoms with Crippen LogP contribution in [0.4, 0.5) is 0 Å². The smallest absolute Gasteiger partial charge is 0.347 e. The summed E-state index contributed by atoms with van der Waals surface area (Å²) in [6.07, 6.45) is 0. The zero-order chi connectivity index (χ0) is 15.2. The van der Waals surface area contributed by atoms with Crippen molar-refractivity contribution in [3.8, 4) is 12.1 Å². The van der Waals surface area contributed by atoms with Crippen LogP contribution in [0.25, 0.3) is 0 Å². The molecule has 2 rings (SSSR count). The van der Waals surface area contributed by atoms with Crippen LogP contribution >= 0.6 is 0 Å². The van der Waals surface area contributed by atoms with Crippen LogP contribution in [-0.2, 0) is 4.74 Å². The Bertz CT molecular complexity index is 730. The first-order chi connectivity index (χ1) is 10.2. The number of hydrogen-bond acceptors (Lipinski definition) is 5. The fourth-order valence-electron chi connectivity index (χ4n) is 1.71. The monoisotopic (exact) mass is 276 g/mol. The number of carbonyl (C=O) groups excluding carboxylic acids is 2. The van der Waals surface area contributed by atoms with Gasteiger partial charge in [0.2, 0.25) is 0 Å². The van der Waals surface area contributed by atoms with Gasteiger partial charge in [-0.1, -0.05) is 24.3 Å². The molecule has 0 aliphatic rings. The summed E-state index contributed by atoms with van der Waals surface area (Å²) in [6, 6.07) is 15.7. The number of rotatable bonds is 2. The molecule has 100 valence electrons. The predicted molar refractivity (Wildman–Crippen MR) is 72.1 cm³/mol. The van der Waals surface area contributed by atoms with E-state index in [4.69, 9.17) is 15.3 Å². The minimum atomic E-state index is -0.926. The fraction of sp³-hybridized carbons (Fsp3) is 0. The van der Waals surface area contributed by atoms with Crippen molar-refractivity contribution in [1.29, 1.82) is 10.5 Å². The SMILES string of the molecule is N#Cc1ccccc1C(=O)OC(=O)c1ccccc1C#N. The summed E-state index contributed by atoms with van der Waals surface area (Å²) in [5.74, 6) is -1.85. The van der Waals surface area contributed by atoms with Gasteiger partial charge in [0.25, 0.3) is 0 Å². The van der Waals surface area contributed by atoms with Crippen LogP contribution in [0, 0.1) is 22.7 Å². The standard InChI is InChI=1S/C16H8N2O3/c17-9-11-5-1-3-7-13(11)15(19)21-16(20)14-8-4-2-6-12(14)10-18/h1-8H. The Hall–Kier alpha value is -3.44. The molecule has 0 unspecified atom stereocenters. The van der Waals surface area contributed by atoms with Crippen LogP contribution in [0.2, 0.25) is 0 Å². The van der Waals surface area contributed by atoms with Gasteiger partial charge in [-0.2, -0.15) is 10.5 Å². The Balaban J connectivity index is 2.26. The van der Waals surface area contributed by atoms with Gasteiger partial charge in [0.15, 0.2) is 0 Å². The first-order valence-corrected chi connectivity index (χ1v) is 5.92. The quantitative estimate of drug-likeness (QED) is 0.620. The minimum absolute atomic E-state index is 0.00258. The molecular weight excluding hydrogens is 268 g/mol. The van der Waals surface area contributed by atoms with Gasteiger partial charge in [-0.15, -0.1) is 0 Å².